The van der Waals surface area contributed by atoms with Crippen LogP contribution in [-0.2, 0) is 57.3 Å². The number of morpholine rings is 4. The van der Waals surface area contributed by atoms with E-state index in [0.717, 1.165) is 22.7 Å². The van der Waals surface area contributed by atoms with E-state index < -0.39 is 74.5 Å². The number of nitrogens with one attached hydrogen (secondary N) is 5. The number of likely N-dealkylation sites (tertiary alicyclic amines) is 1. The molecule has 115 heavy (non-hydrogen) atoms. The van der Waals surface area contributed by atoms with E-state index in [4.69, 9.17) is 63.1 Å². The van der Waals surface area contributed by atoms with Gasteiger partial charge in [0, 0.05) is 120 Å². The number of hydrogen-bond donors (Lipinski definition) is 13. The summed E-state index contributed by atoms with van der Waals surface area (Å²) in [5.41, 5.74) is 12.1. The maximum absolute atomic E-state index is 12.9. The Labute approximate surface area is 674 Å². The van der Waals surface area contributed by atoms with Crippen molar-refractivity contribution in [2.75, 3.05) is 152 Å². The topological polar surface area (TPSA) is 470 Å². The van der Waals surface area contributed by atoms with Gasteiger partial charge in [-0.05, 0) is 184 Å². The number of benzene rings is 6. The van der Waals surface area contributed by atoms with Crippen LogP contribution in [0.15, 0.2) is 151 Å². The summed E-state index contributed by atoms with van der Waals surface area (Å²) in [7, 11) is -1.62. The molecule has 8 fully saturated rings. The Morgan fingerprint density at radius 2 is 0.791 bits per heavy atom. The average Bonchev–Trinajstić information content (AvgIpc) is 1.68. The van der Waals surface area contributed by atoms with Crippen molar-refractivity contribution in [1.29, 1.82) is 0 Å². The van der Waals surface area contributed by atoms with Gasteiger partial charge >= 0.3 is 26.1 Å². The summed E-state index contributed by atoms with van der Waals surface area (Å²) < 4.78 is 20.4. The molecule has 8 atom stereocenters. The van der Waals surface area contributed by atoms with Gasteiger partial charge in [0.05, 0.1) is 62.9 Å². The molecule has 0 bridgehead atoms. The van der Waals surface area contributed by atoms with Crippen LogP contribution < -0.4 is 51.9 Å². The zero-order valence-corrected chi connectivity index (χ0v) is 64.0. The molecular weight excluding hydrogens is 1540 g/mol. The molecule has 39 heteroatoms. The molecule has 6 aromatic rings. The van der Waals surface area contributed by atoms with Crippen LogP contribution in [0.3, 0.4) is 0 Å². The van der Waals surface area contributed by atoms with Crippen molar-refractivity contribution < 1.29 is 97.7 Å². The molecule has 9 amide bonds. The van der Waals surface area contributed by atoms with Gasteiger partial charge in [-0.25, -0.2) is 4.79 Å². The number of β-amino-alcohol motifs (C(OH)–C–C–N with tert-alkyl or cyclic N) is 4. The molecule has 8 saturated heterocycles. The van der Waals surface area contributed by atoms with Crippen LogP contribution in [0.25, 0.3) is 0 Å². The smallest absolute Gasteiger partial charge is 0.377 e. The number of halogens is 2. The number of aliphatic hydroxyl groups is 4. The van der Waals surface area contributed by atoms with Crippen LogP contribution in [0, 0.1) is 4.91 Å². The normalized spacial score (nSPS) is 21.9. The number of anilines is 9. The van der Waals surface area contributed by atoms with Gasteiger partial charge in [0.25, 0.3) is 23.6 Å². The first-order valence-corrected chi connectivity index (χ1v) is 37.5. The quantitative estimate of drug-likeness (QED) is 0.0389. The Hall–Kier alpha value is -10.1. The van der Waals surface area contributed by atoms with Gasteiger partial charge in [0.15, 0.2) is 0 Å². The van der Waals surface area contributed by atoms with Crippen molar-refractivity contribution in [1.82, 2.24) is 19.8 Å². The Kier molecular flexibility index (Phi) is 34.7. The highest BCUT2D eigenvalue weighted by molar-refractivity contribution is 6.46. The molecule has 8 aliphatic heterocycles. The highest BCUT2D eigenvalue weighted by atomic mass is 35.5. The number of nitrogen functional groups attached to an aromatic ring is 1. The van der Waals surface area contributed by atoms with E-state index in [-0.39, 0.29) is 114 Å². The monoisotopic (exact) mass is 1630 g/mol. The number of carbonyl (C=O) groups excluding carboxylic acids is 8. The SMILES string of the molecule is C.CB(O)N1C[C@H](O)C[C@@H]1C(=O)Nc1ccc(N2CCOCC2=O)cc1.CB(O)N1C[C@H](O)C[C@@H]1C(=O)O.Nc1ccc(N2CCOCC2=O)cc1.O=C(Nc1ccc(N2CCOCC2=O)cc1)[C@H]1C[C@@H](O)CN1.O=C(Nc1ccc(N2CCOCC2=O)cc1)[C@H]1C[C@@H](O)CN1C(=O)Nc1ccc(Cl)cc1.O=Nc1ccc(Cl)cc1. The summed E-state index contributed by atoms with van der Waals surface area (Å²) in [4.78, 5) is 128. The Morgan fingerprint density at radius 3 is 1.15 bits per heavy atom. The van der Waals surface area contributed by atoms with Crippen molar-refractivity contribution in [3.8, 4) is 0 Å². The Bertz CT molecular complexity index is 4230. The lowest BCUT2D eigenvalue weighted by atomic mass is 9.84. The second-order valence-corrected chi connectivity index (χ2v) is 28.2. The van der Waals surface area contributed by atoms with Crippen molar-refractivity contribution in [3.63, 3.8) is 0 Å². The average molecular weight is 1630 g/mol. The van der Waals surface area contributed by atoms with Gasteiger partial charge in [-0.2, -0.15) is 0 Å². The number of ether oxygens (including phenoxy) is 4. The van der Waals surface area contributed by atoms with Crippen molar-refractivity contribution in [2.24, 2.45) is 5.18 Å². The largest absolute Gasteiger partial charge is 0.480 e. The first kappa shape index (κ1) is 90.5. The Balaban J connectivity index is 0.000000180. The zero-order chi connectivity index (χ0) is 82.1. The molecule has 8 heterocycles. The van der Waals surface area contributed by atoms with Crippen molar-refractivity contribution in [2.45, 2.75) is 95.3 Å². The number of carboxylic acid groups (broad SMARTS) is 1. The van der Waals surface area contributed by atoms with E-state index in [1.165, 1.54) is 16.5 Å². The zero-order valence-electron chi connectivity index (χ0n) is 62.5. The lowest BCUT2D eigenvalue weighted by Crippen LogP contribution is -2.46. The van der Waals surface area contributed by atoms with E-state index in [9.17, 15) is 68.4 Å². The van der Waals surface area contributed by atoms with Gasteiger partial charge in [-0.15, -0.1) is 4.91 Å². The maximum atomic E-state index is 12.9. The summed E-state index contributed by atoms with van der Waals surface area (Å²) in [5, 5.41) is 83.9. The van der Waals surface area contributed by atoms with Gasteiger partial charge in [0.1, 0.15) is 44.2 Å². The third-order valence-electron chi connectivity index (χ3n) is 19.0. The maximum Gasteiger partial charge on any atom is 0.377 e. The predicted octanol–water partition coefficient (Wildman–Crippen LogP) is 4.18. The van der Waals surface area contributed by atoms with Crippen LogP contribution in [0.2, 0.25) is 23.7 Å². The number of rotatable bonds is 15. The van der Waals surface area contributed by atoms with Gasteiger partial charge < -0.3 is 121 Å². The van der Waals surface area contributed by atoms with Crippen molar-refractivity contribution in [3.05, 3.63) is 161 Å². The summed E-state index contributed by atoms with van der Waals surface area (Å²) in [6.45, 7) is 8.70. The molecule has 0 radical (unpaired) electrons. The molecule has 6 aromatic carbocycles. The number of aliphatic carboxylic acids is 1. The minimum Gasteiger partial charge on any atom is -0.480 e. The number of urea groups is 1. The minimum absolute atomic E-state index is 0. The molecule has 0 saturated carbocycles. The van der Waals surface area contributed by atoms with E-state index in [1.807, 2.05) is 12.1 Å². The number of nitrogens with zero attached hydrogens (tertiary/aromatic N) is 8. The summed E-state index contributed by atoms with van der Waals surface area (Å²) >= 11 is 11.4. The van der Waals surface area contributed by atoms with Crippen molar-refractivity contribution >= 4 is 148 Å². The molecule has 0 aliphatic carbocycles. The molecule has 14 N–H and O–H groups in total. The highest BCUT2D eigenvalue weighted by Crippen LogP contribution is 2.29. The second kappa shape index (κ2) is 44.2. The molecule has 616 valence electrons. The third-order valence-corrected chi connectivity index (χ3v) is 19.5. The van der Waals surface area contributed by atoms with Gasteiger partial charge in [0.2, 0.25) is 17.7 Å². The number of hydrogen-bond acceptors (Lipinski definition) is 25. The first-order chi connectivity index (χ1) is 54.6. The Morgan fingerprint density at radius 1 is 0.461 bits per heavy atom. The summed E-state index contributed by atoms with van der Waals surface area (Å²) in [6.07, 6.45) is -1.48. The summed E-state index contributed by atoms with van der Waals surface area (Å²) in [5.74, 6) is -2.09. The van der Waals surface area contributed by atoms with Crippen LogP contribution >= 0.6 is 23.2 Å². The standard InChI is InChI=1S/C22H23ClN4O5.C16H22BN3O5.C15H19N3O4.C10H12N2O2.C6H12BNO4.C6H4ClNO.CH4/c23-14-1-3-16(4-2-14)25-22(31)27-12-18(28)11-19(27)21(30)24-15-5-7-17(8-6-15)26-9-10-32-13-20(26)29;1-17(24)20-9-13(21)8-14(20)16(23)18-11-2-4-12(5-3-11)19-6-7-25-10-15(19)22;19-12-7-13(16-8-12)15(21)17-10-1-3-11(4-2-10)18-5-6-22-9-14(18)20;11-8-1-3-9(4-2-8)12-5-6-14-7-10(12)13;1-7(12)8-3-4(9)2-5(8)6(10)11;7-5-1-3-6(8-9)4-2-5;/h1-8,18-19,28H,9-13H2,(H,24,30)(H,25,31);2-5,13-14,21,24H,6-10H2,1H3,(H,18,23);1-4,12-13,16,19H,5-9H2,(H,17,21);1-4H,5-7,11H2;4-5,9,12H,2-3H2,1H3,(H,10,11);1-4H;1H4/t18-,19-;13-,14-;12-,13-;;4-,5-;;/m111.1../s1. The fourth-order valence-electron chi connectivity index (χ4n) is 13.1. The summed E-state index contributed by atoms with van der Waals surface area (Å²) in [6, 6.07) is 38.3. The number of amides is 9. The minimum atomic E-state index is -0.993. The molecule has 35 nitrogen and oxygen atoms in total. The van der Waals surface area contributed by atoms with E-state index in [2.05, 4.69) is 31.8 Å². The molecule has 0 spiro atoms. The van der Waals surface area contributed by atoms with E-state index in [1.54, 1.807) is 165 Å². The van der Waals surface area contributed by atoms with Gasteiger partial charge in [-0.3, -0.25) is 38.4 Å². The molecular formula is C76H96B2Cl2N14O21. The van der Waals surface area contributed by atoms with Crippen LogP contribution in [0.4, 0.5) is 61.7 Å². The van der Waals surface area contributed by atoms with Crippen LogP contribution in [-0.4, -0.2) is 271 Å². The fraction of sp³-hybridized carbons (Fsp3) is 0.408. The fourth-order valence-corrected chi connectivity index (χ4v) is 13.4. The number of nitrogens with two attached hydrogens (primary N) is 1. The molecule has 0 aromatic heterocycles. The first-order valence-electron chi connectivity index (χ1n) is 36.7. The lowest BCUT2D eigenvalue weighted by molar-refractivity contribution is -0.141. The predicted molar refractivity (Wildman–Crippen MR) is 434 cm³/mol. The second-order valence-electron chi connectivity index (χ2n) is 27.3. The van der Waals surface area contributed by atoms with E-state index in [0.29, 0.717) is 110 Å². The number of carbonyl (C=O) groups is 9. The molecule has 0 unspecified atom stereocenters. The highest BCUT2D eigenvalue weighted by Gasteiger charge is 2.42. The number of nitroso groups, excluding NO2 is 1. The molecule has 8 aliphatic rings. The van der Waals surface area contributed by atoms with E-state index >= 15 is 0 Å². The number of carboxylic acids is 1. The lowest BCUT2D eigenvalue weighted by Gasteiger charge is -2.27. The van der Waals surface area contributed by atoms with Gasteiger partial charge in [-0.1, -0.05) is 30.6 Å². The van der Waals surface area contributed by atoms with Crippen LogP contribution in [0.1, 0.15) is 33.1 Å². The number of aliphatic hydroxyl groups excluding tert-OH is 4. The third kappa shape index (κ3) is 26.8. The van der Waals surface area contributed by atoms with Crippen LogP contribution in [0.5, 0.6) is 0 Å². The molecule has 14 rings (SSSR count).